The molecule has 0 aromatic carbocycles. The van der Waals surface area contributed by atoms with Crippen molar-refractivity contribution >= 4 is 6.29 Å². The van der Waals surface area contributed by atoms with E-state index < -0.39 is 5.60 Å². The van der Waals surface area contributed by atoms with Gasteiger partial charge in [0.15, 0.2) is 0 Å². The van der Waals surface area contributed by atoms with E-state index in [2.05, 4.69) is 0 Å². The van der Waals surface area contributed by atoms with Crippen LogP contribution in [0.1, 0.15) is 46.0 Å². The number of unbranched alkanes of at least 4 members (excludes halogenated alkanes) is 3. The highest BCUT2D eigenvalue weighted by molar-refractivity contribution is 5.48. The van der Waals surface area contributed by atoms with Crippen LogP contribution in [0.25, 0.3) is 0 Å². The summed E-state index contributed by atoms with van der Waals surface area (Å²) in [4.78, 5) is 9.92. The second-order valence-corrected chi connectivity index (χ2v) is 3.58. The quantitative estimate of drug-likeness (QED) is 0.473. The molecule has 0 aromatic heterocycles. The summed E-state index contributed by atoms with van der Waals surface area (Å²) in [6, 6.07) is 0. The van der Waals surface area contributed by atoms with Crippen LogP contribution in [0.3, 0.4) is 0 Å². The molecule has 2 nitrogen and oxygen atoms in total. The minimum atomic E-state index is -0.540. The second kappa shape index (κ2) is 5.30. The first-order valence-corrected chi connectivity index (χ1v) is 4.22. The zero-order valence-electron chi connectivity index (χ0n) is 7.47. The third-order valence-electron chi connectivity index (χ3n) is 1.61. The molecule has 0 aromatic rings. The van der Waals surface area contributed by atoms with Crippen molar-refractivity contribution in [3.05, 3.63) is 0 Å². The second-order valence-electron chi connectivity index (χ2n) is 3.58. The summed E-state index contributed by atoms with van der Waals surface area (Å²) in [5, 5.41) is 9.30. The van der Waals surface area contributed by atoms with Crippen molar-refractivity contribution in [3.8, 4) is 0 Å². The molecule has 0 amide bonds. The molecule has 0 aliphatic carbocycles. The van der Waals surface area contributed by atoms with Crippen LogP contribution in [0.15, 0.2) is 0 Å². The molecular weight excluding hydrogens is 140 g/mol. The molecule has 0 bridgehead atoms. The first kappa shape index (κ1) is 10.6. The van der Waals surface area contributed by atoms with E-state index in [-0.39, 0.29) is 0 Å². The summed E-state index contributed by atoms with van der Waals surface area (Å²) in [5.41, 5.74) is -0.540. The van der Waals surface area contributed by atoms with Crippen LogP contribution in [0.5, 0.6) is 0 Å². The van der Waals surface area contributed by atoms with E-state index in [1.54, 1.807) is 0 Å². The van der Waals surface area contributed by atoms with Gasteiger partial charge in [-0.25, -0.2) is 0 Å². The standard InChI is InChI=1S/C9H18O2/c1-9(2,11)7-5-3-4-6-8-10/h8,11H,3-7H2,1-2H3. The van der Waals surface area contributed by atoms with E-state index in [0.717, 1.165) is 32.0 Å². The van der Waals surface area contributed by atoms with Crippen molar-refractivity contribution in [1.82, 2.24) is 0 Å². The molecule has 0 rings (SSSR count). The predicted octanol–water partition coefficient (Wildman–Crippen LogP) is 1.91. The Morgan fingerprint density at radius 1 is 1.27 bits per heavy atom. The van der Waals surface area contributed by atoms with Crippen molar-refractivity contribution in [2.75, 3.05) is 0 Å². The molecule has 0 radical (unpaired) electrons. The van der Waals surface area contributed by atoms with Crippen LogP contribution in [0, 0.1) is 0 Å². The number of aliphatic hydroxyl groups is 1. The van der Waals surface area contributed by atoms with Gasteiger partial charge >= 0.3 is 0 Å². The lowest BCUT2D eigenvalue weighted by atomic mass is 10.0. The Kier molecular flexibility index (Phi) is 5.12. The Hall–Kier alpha value is -0.370. The molecule has 11 heavy (non-hydrogen) atoms. The SMILES string of the molecule is CC(C)(O)CCCCCC=O. The minimum Gasteiger partial charge on any atom is -0.390 e. The molecular formula is C9H18O2. The monoisotopic (exact) mass is 158 g/mol. The number of aldehydes is 1. The normalized spacial score (nSPS) is 11.5. The van der Waals surface area contributed by atoms with Gasteiger partial charge in [0.25, 0.3) is 0 Å². The lowest BCUT2D eigenvalue weighted by Crippen LogP contribution is -2.17. The minimum absolute atomic E-state index is 0.540. The Bertz CT molecular complexity index is 103. The van der Waals surface area contributed by atoms with Gasteiger partial charge in [-0.05, 0) is 26.7 Å². The van der Waals surface area contributed by atoms with Crippen LogP contribution in [-0.2, 0) is 4.79 Å². The topological polar surface area (TPSA) is 37.3 Å². The number of rotatable bonds is 6. The first-order chi connectivity index (χ1) is 5.06. The molecule has 0 saturated heterocycles. The first-order valence-electron chi connectivity index (χ1n) is 4.22. The van der Waals surface area contributed by atoms with Gasteiger partial charge in [0.05, 0.1) is 5.60 Å². The maximum atomic E-state index is 9.92. The molecule has 0 aliphatic heterocycles. The Balaban J connectivity index is 3.08. The number of carbonyl (C=O) groups is 1. The van der Waals surface area contributed by atoms with Gasteiger partial charge < -0.3 is 9.90 Å². The lowest BCUT2D eigenvalue weighted by Gasteiger charge is -2.15. The van der Waals surface area contributed by atoms with Crippen LogP contribution in [-0.4, -0.2) is 17.0 Å². The van der Waals surface area contributed by atoms with E-state index in [4.69, 9.17) is 0 Å². The van der Waals surface area contributed by atoms with E-state index in [9.17, 15) is 9.90 Å². The molecule has 0 aliphatic rings. The van der Waals surface area contributed by atoms with Gasteiger partial charge in [0.2, 0.25) is 0 Å². The Morgan fingerprint density at radius 3 is 2.36 bits per heavy atom. The molecule has 2 heteroatoms. The third-order valence-corrected chi connectivity index (χ3v) is 1.61. The summed E-state index contributed by atoms with van der Waals surface area (Å²) in [7, 11) is 0. The molecule has 1 N–H and O–H groups in total. The zero-order valence-corrected chi connectivity index (χ0v) is 7.47. The van der Waals surface area contributed by atoms with Crippen molar-refractivity contribution in [3.63, 3.8) is 0 Å². The van der Waals surface area contributed by atoms with Crippen LogP contribution >= 0.6 is 0 Å². The molecule has 0 fully saturated rings. The average molecular weight is 158 g/mol. The number of hydrogen-bond donors (Lipinski definition) is 1. The van der Waals surface area contributed by atoms with Gasteiger partial charge in [0, 0.05) is 6.42 Å². The fraction of sp³-hybridized carbons (Fsp3) is 0.889. The van der Waals surface area contributed by atoms with Crippen LogP contribution in [0.4, 0.5) is 0 Å². The summed E-state index contributed by atoms with van der Waals surface area (Å²) >= 11 is 0. The maximum absolute atomic E-state index is 9.92. The highest BCUT2D eigenvalue weighted by Gasteiger charge is 2.10. The van der Waals surface area contributed by atoms with Gasteiger partial charge in [-0.3, -0.25) is 0 Å². The molecule has 66 valence electrons. The largest absolute Gasteiger partial charge is 0.390 e. The predicted molar refractivity (Wildman–Crippen MR) is 45.4 cm³/mol. The summed E-state index contributed by atoms with van der Waals surface area (Å²) in [6.45, 7) is 3.62. The maximum Gasteiger partial charge on any atom is 0.119 e. The van der Waals surface area contributed by atoms with E-state index in [1.807, 2.05) is 13.8 Å². The van der Waals surface area contributed by atoms with Gasteiger partial charge in [-0.15, -0.1) is 0 Å². The molecule has 0 heterocycles. The van der Waals surface area contributed by atoms with Crippen molar-refractivity contribution in [2.45, 2.75) is 51.6 Å². The molecule has 0 atom stereocenters. The summed E-state index contributed by atoms with van der Waals surface area (Å²) in [6.07, 6.45) is 5.45. The molecule has 0 saturated carbocycles. The van der Waals surface area contributed by atoms with Crippen molar-refractivity contribution in [2.24, 2.45) is 0 Å². The lowest BCUT2D eigenvalue weighted by molar-refractivity contribution is -0.107. The zero-order chi connectivity index (χ0) is 8.74. The fourth-order valence-electron chi connectivity index (χ4n) is 0.962. The summed E-state index contributed by atoms with van der Waals surface area (Å²) in [5.74, 6) is 0. The fourth-order valence-corrected chi connectivity index (χ4v) is 0.962. The Labute approximate surface area is 68.6 Å². The number of carbonyl (C=O) groups excluding carboxylic acids is 1. The highest BCUT2D eigenvalue weighted by atomic mass is 16.3. The van der Waals surface area contributed by atoms with Crippen LogP contribution < -0.4 is 0 Å². The van der Waals surface area contributed by atoms with Gasteiger partial charge in [0.1, 0.15) is 6.29 Å². The third kappa shape index (κ3) is 9.63. The van der Waals surface area contributed by atoms with Gasteiger partial charge in [-0.2, -0.15) is 0 Å². The Morgan fingerprint density at radius 2 is 1.91 bits per heavy atom. The smallest absolute Gasteiger partial charge is 0.119 e. The van der Waals surface area contributed by atoms with E-state index >= 15 is 0 Å². The molecule has 0 unspecified atom stereocenters. The van der Waals surface area contributed by atoms with Crippen LogP contribution in [0.2, 0.25) is 0 Å². The average Bonchev–Trinajstić information content (AvgIpc) is 1.85. The van der Waals surface area contributed by atoms with Gasteiger partial charge in [-0.1, -0.05) is 12.8 Å². The van der Waals surface area contributed by atoms with E-state index in [0.29, 0.717) is 6.42 Å². The number of hydrogen-bond acceptors (Lipinski definition) is 2. The molecule has 0 spiro atoms. The summed E-state index contributed by atoms with van der Waals surface area (Å²) < 4.78 is 0. The highest BCUT2D eigenvalue weighted by Crippen LogP contribution is 2.13. The van der Waals surface area contributed by atoms with Crippen molar-refractivity contribution < 1.29 is 9.90 Å². The van der Waals surface area contributed by atoms with Crippen molar-refractivity contribution in [1.29, 1.82) is 0 Å². The van der Waals surface area contributed by atoms with E-state index in [1.165, 1.54) is 0 Å².